The average Bonchev–Trinajstić information content (AvgIpc) is 2.92. The minimum absolute atomic E-state index is 0.0768. The molecule has 8 atom stereocenters. The van der Waals surface area contributed by atoms with Crippen LogP contribution in [0.1, 0.15) is 65.7 Å². The molecule has 0 spiro atoms. The van der Waals surface area contributed by atoms with Crippen LogP contribution in [0.5, 0.6) is 0 Å². The highest BCUT2D eigenvalue weighted by molar-refractivity contribution is 5.79. The van der Waals surface area contributed by atoms with Crippen molar-refractivity contribution in [1.29, 1.82) is 5.26 Å². The van der Waals surface area contributed by atoms with E-state index in [1.807, 2.05) is 0 Å². The van der Waals surface area contributed by atoms with Crippen molar-refractivity contribution in [2.75, 3.05) is 0 Å². The Hall–Kier alpha value is -1.14. The second-order valence-corrected chi connectivity index (χ2v) is 9.69. The van der Waals surface area contributed by atoms with E-state index in [0.29, 0.717) is 30.0 Å². The lowest BCUT2D eigenvalue weighted by Crippen LogP contribution is -2.53. The number of carbonyl (C=O) groups is 1. The van der Waals surface area contributed by atoms with Crippen LogP contribution in [0, 0.1) is 51.8 Å². The van der Waals surface area contributed by atoms with E-state index in [0.717, 1.165) is 32.1 Å². The van der Waals surface area contributed by atoms with Gasteiger partial charge in [-0.25, -0.2) is 0 Å². The summed E-state index contributed by atoms with van der Waals surface area (Å²) in [5, 5.41) is 20.0. The molecular formula is C22H31NO2. The maximum absolute atomic E-state index is 12.2. The number of nitrogens with zero attached hydrogens (tertiary/aromatic N) is 1. The molecule has 4 aliphatic rings. The number of hydrogen-bond acceptors (Lipinski definition) is 3. The molecule has 0 aromatic rings. The summed E-state index contributed by atoms with van der Waals surface area (Å²) in [6.45, 7) is 6.44. The number of aliphatic hydroxyl groups is 1. The maximum atomic E-state index is 12.2. The Kier molecular flexibility index (Phi) is 3.93. The molecule has 4 aliphatic carbocycles. The summed E-state index contributed by atoms with van der Waals surface area (Å²) in [4.78, 5) is 12.2. The number of fused-ring (bicyclic) bond motifs is 5. The van der Waals surface area contributed by atoms with Gasteiger partial charge in [0.15, 0.2) is 0 Å². The number of nitriles is 1. The predicted octanol–water partition coefficient (Wildman–Crippen LogP) is 4.26. The summed E-state index contributed by atoms with van der Waals surface area (Å²) in [6.07, 6.45) is 8.90. The van der Waals surface area contributed by atoms with Gasteiger partial charge < -0.3 is 5.11 Å². The van der Waals surface area contributed by atoms with Gasteiger partial charge in [0.25, 0.3) is 0 Å². The van der Waals surface area contributed by atoms with Gasteiger partial charge in [0, 0.05) is 11.3 Å². The largest absolute Gasteiger partial charge is 0.393 e. The second-order valence-electron chi connectivity index (χ2n) is 9.69. The fourth-order valence-corrected chi connectivity index (χ4v) is 7.59. The first kappa shape index (κ1) is 17.3. The summed E-state index contributed by atoms with van der Waals surface area (Å²) in [5.74, 6) is 2.27. The smallest absolute Gasteiger partial charge is 0.133 e. The van der Waals surface area contributed by atoms with Gasteiger partial charge in [0.1, 0.15) is 5.78 Å². The van der Waals surface area contributed by atoms with Gasteiger partial charge in [-0.1, -0.05) is 25.5 Å². The lowest BCUT2D eigenvalue weighted by molar-refractivity contribution is -0.128. The van der Waals surface area contributed by atoms with E-state index in [1.54, 1.807) is 6.92 Å². The molecule has 0 heterocycles. The Bertz CT molecular complexity index is 661. The van der Waals surface area contributed by atoms with E-state index in [-0.39, 0.29) is 28.8 Å². The fourth-order valence-electron chi connectivity index (χ4n) is 7.59. The highest BCUT2D eigenvalue weighted by atomic mass is 16.3. The first-order chi connectivity index (χ1) is 11.8. The van der Waals surface area contributed by atoms with Gasteiger partial charge >= 0.3 is 0 Å². The van der Waals surface area contributed by atoms with Gasteiger partial charge in [-0.15, -0.1) is 0 Å². The fraction of sp³-hybridized carbons (Fsp3) is 0.818. The van der Waals surface area contributed by atoms with Gasteiger partial charge in [-0.05, 0) is 75.0 Å². The van der Waals surface area contributed by atoms with Crippen LogP contribution in [0.3, 0.4) is 0 Å². The standard InChI is InChI=1S/C22H31NO2/c1-13(24)18-6-7-19-17-5-4-14-10-16(25)11-15(12-23)22(14,3)20(17)8-9-21(18,19)2/h4,15-20,25H,5-11H2,1-3H3. The normalized spacial score (nSPS) is 51.6. The molecule has 4 rings (SSSR count). The molecule has 3 heteroatoms. The van der Waals surface area contributed by atoms with Gasteiger partial charge in [-0.2, -0.15) is 5.26 Å². The maximum Gasteiger partial charge on any atom is 0.133 e. The van der Waals surface area contributed by atoms with Crippen LogP contribution < -0.4 is 0 Å². The van der Waals surface area contributed by atoms with Crippen molar-refractivity contribution in [3.8, 4) is 6.07 Å². The van der Waals surface area contributed by atoms with E-state index in [1.165, 1.54) is 12.0 Å². The van der Waals surface area contributed by atoms with Crippen molar-refractivity contribution in [3.05, 3.63) is 11.6 Å². The molecular weight excluding hydrogens is 310 g/mol. The Labute approximate surface area is 151 Å². The lowest BCUT2D eigenvalue weighted by Gasteiger charge is -2.59. The zero-order valence-electron chi connectivity index (χ0n) is 15.8. The van der Waals surface area contributed by atoms with Crippen LogP contribution in [0.4, 0.5) is 0 Å². The highest BCUT2D eigenvalue weighted by Gasteiger charge is 2.61. The van der Waals surface area contributed by atoms with Crippen LogP contribution in [0.25, 0.3) is 0 Å². The topological polar surface area (TPSA) is 61.1 Å². The number of aliphatic hydroxyl groups excluding tert-OH is 1. The SMILES string of the molecule is CC(=O)C1CCC2C3CC=C4CC(O)CC(C#N)C4(C)C3CCC12C. The molecule has 3 saturated carbocycles. The Morgan fingerprint density at radius 1 is 1.28 bits per heavy atom. The van der Waals surface area contributed by atoms with E-state index in [4.69, 9.17) is 0 Å². The summed E-state index contributed by atoms with van der Waals surface area (Å²) >= 11 is 0. The molecule has 0 aliphatic heterocycles. The van der Waals surface area contributed by atoms with Crippen LogP contribution in [0.2, 0.25) is 0 Å². The number of allylic oxidation sites excluding steroid dienone is 1. The number of carbonyl (C=O) groups excluding carboxylic acids is 1. The third-order valence-corrected chi connectivity index (χ3v) is 8.87. The van der Waals surface area contributed by atoms with E-state index in [9.17, 15) is 15.2 Å². The van der Waals surface area contributed by atoms with Crippen LogP contribution in [-0.4, -0.2) is 17.0 Å². The summed E-state index contributed by atoms with van der Waals surface area (Å²) in [6, 6.07) is 2.55. The quantitative estimate of drug-likeness (QED) is 0.725. The number of rotatable bonds is 1. The van der Waals surface area contributed by atoms with Crippen LogP contribution >= 0.6 is 0 Å². The summed E-state index contributed by atoms with van der Waals surface area (Å²) in [5.41, 5.74) is 1.42. The van der Waals surface area contributed by atoms with E-state index < -0.39 is 0 Å². The number of Topliss-reactive ketones (excluding diaryl/α,β-unsaturated/α-hetero) is 1. The van der Waals surface area contributed by atoms with Crippen molar-refractivity contribution in [2.24, 2.45) is 40.4 Å². The third-order valence-electron chi connectivity index (χ3n) is 8.87. The first-order valence-electron chi connectivity index (χ1n) is 10.1. The molecule has 0 aromatic carbocycles. The highest BCUT2D eigenvalue weighted by Crippen LogP contribution is 2.67. The molecule has 3 nitrogen and oxygen atoms in total. The van der Waals surface area contributed by atoms with E-state index in [2.05, 4.69) is 26.0 Å². The van der Waals surface area contributed by atoms with Crippen molar-refractivity contribution >= 4 is 5.78 Å². The average molecular weight is 341 g/mol. The predicted molar refractivity (Wildman–Crippen MR) is 96.4 cm³/mol. The van der Waals surface area contributed by atoms with Gasteiger partial charge in [-0.3, -0.25) is 4.79 Å². The van der Waals surface area contributed by atoms with Gasteiger partial charge in [0.05, 0.1) is 18.1 Å². The molecule has 0 amide bonds. The minimum Gasteiger partial charge on any atom is -0.393 e. The number of hydrogen-bond donors (Lipinski definition) is 1. The monoisotopic (exact) mass is 341 g/mol. The Morgan fingerprint density at radius 3 is 2.72 bits per heavy atom. The summed E-state index contributed by atoms with van der Waals surface area (Å²) in [7, 11) is 0. The van der Waals surface area contributed by atoms with Crippen molar-refractivity contribution < 1.29 is 9.90 Å². The molecule has 0 radical (unpaired) electrons. The third kappa shape index (κ3) is 2.23. The minimum atomic E-state index is -0.358. The van der Waals surface area contributed by atoms with Crippen LogP contribution in [0.15, 0.2) is 11.6 Å². The molecule has 8 unspecified atom stereocenters. The van der Waals surface area contributed by atoms with Crippen molar-refractivity contribution in [2.45, 2.75) is 71.8 Å². The molecule has 0 bridgehead atoms. The molecule has 0 saturated heterocycles. The molecule has 3 fully saturated rings. The zero-order chi connectivity index (χ0) is 18.0. The first-order valence-corrected chi connectivity index (χ1v) is 10.1. The number of ketones is 1. The Morgan fingerprint density at radius 2 is 2.04 bits per heavy atom. The molecule has 25 heavy (non-hydrogen) atoms. The molecule has 1 N–H and O–H groups in total. The Balaban J connectivity index is 1.71. The zero-order valence-corrected chi connectivity index (χ0v) is 15.8. The van der Waals surface area contributed by atoms with E-state index >= 15 is 0 Å². The lowest BCUT2D eigenvalue weighted by atomic mass is 9.45. The van der Waals surface area contributed by atoms with Crippen molar-refractivity contribution in [1.82, 2.24) is 0 Å². The van der Waals surface area contributed by atoms with Gasteiger partial charge in [0.2, 0.25) is 0 Å². The second kappa shape index (κ2) is 5.68. The molecule has 136 valence electrons. The summed E-state index contributed by atoms with van der Waals surface area (Å²) < 4.78 is 0. The molecule has 0 aromatic heterocycles. The van der Waals surface area contributed by atoms with Crippen LogP contribution in [-0.2, 0) is 4.79 Å². The van der Waals surface area contributed by atoms with Crippen molar-refractivity contribution in [3.63, 3.8) is 0 Å².